The van der Waals surface area contributed by atoms with Crippen molar-refractivity contribution >= 4 is 0 Å². The number of rotatable bonds is 2. The van der Waals surface area contributed by atoms with Crippen molar-refractivity contribution in [2.75, 3.05) is 0 Å². The highest BCUT2D eigenvalue weighted by Gasteiger charge is 2.00. The lowest BCUT2D eigenvalue weighted by atomic mass is 9.97. The smallest absolute Gasteiger partial charge is 0.0193 e. The zero-order valence-corrected chi connectivity index (χ0v) is 12.9. The third-order valence-corrected chi connectivity index (χ3v) is 3.44. The van der Waals surface area contributed by atoms with Crippen molar-refractivity contribution in [3.63, 3.8) is 0 Å². The first-order chi connectivity index (χ1) is 9.02. The van der Waals surface area contributed by atoms with Crippen LogP contribution in [0.3, 0.4) is 0 Å². The van der Waals surface area contributed by atoms with Gasteiger partial charge in [-0.15, -0.1) is 0 Å². The van der Waals surface area contributed by atoms with Gasteiger partial charge in [0.1, 0.15) is 0 Å². The number of aryl methyl sites for hydroxylation is 3. The van der Waals surface area contributed by atoms with Crippen LogP contribution in [0.5, 0.6) is 0 Å². The molecule has 0 radical (unpaired) electrons. The van der Waals surface area contributed by atoms with Crippen LogP contribution >= 0.6 is 0 Å². The van der Waals surface area contributed by atoms with E-state index in [4.69, 9.17) is 0 Å². The molecule has 0 bridgehead atoms. The van der Waals surface area contributed by atoms with Crippen LogP contribution in [-0.2, 0) is 0 Å². The summed E-state index contributed by atoms with van der Waals surface area (Å²) in [4.78, 5) is 0. The van der Waals surface area contributed by atoms with Gasteiger partial charge in [0, 0.05) is 0 Å². The van der Waals surface area contributed by atoms with Crippen LogP contribution in [0.15, 0.2) is 48.5 Å². The van der Waals surface area contributed by atoms with Crippen molar-refractivity contribution in [1.29, 1.82) is 0 Å². The van der Waals surface area contributed by atoms with Crippen LogP contribution in [0.4, 0.5) is 0 Å². The molecule has 0 aliphatic heterocycles. The molecule has 2 aromatic rings. The molecule has 2 rings (SSSR count). The first-order valence-electron chi connectivity index (χ1n) is 7.12. The van der Waals surface area contributed by atoms with Gasteiger partial charge in [-0.05, 0) is 38.7 Å². The molecule has 0 amide bonds. The summed E-state index contributed by atoms with van der Waals surface area (Å²) in [6, 6.07) is 17.2. The van der Waals surface area contributed by atoms with E-state index in [1.807, 2.05) is 0 Å². The maximum absolute atomic E-state index is 2.27. The van der Waals surface area contributed by atoms with Crippen LogP contribution in [0.2, 0.25) is 0 Å². The maximum Gasteiger partial charge on any atom is -0.0193 e. The highest BCUT2D eigenvalue weighted by molar-refractivity contribution is 5.24. The fourth-order valence-corrected chi connectivity index (χ4v) is 1.85. The van der Waals surface area contributed by atoms with E-state index in [0.29, 0.717) is 5.92 Å². The minimum Gasteiger partial charge on any atom is -0.0648 e. The van der Waals surface area contributed by atoms with Crippen molar-refractivity contribution in [2.45, 2.75) is 47.0 Å². The third kappa shape index (κ3) is 5.74. The van der Waals surface area contributed by atoms with E-state index >= 15 is 0 Å². The second-order valence-electron chi connectivity index (χ2n) is 5.38. The van der Waals surface area contributed by atoms with Crippen molar-refractivity contribution in [3.05, 3.63) is 70.8 Å². The van der Waals surface area contributed by atoms with E-state index in [1.54, 1.807) is 0 Å². The molecular formula is C19H26. The second kappa shape index (κ2) is 7.78. The quantitative estimate of drug-likeness (QED) is 0.634. The van der Waals surface area contributed by atoms with Gasteiger partial charge in [0.2, 0.25) is 0 Å². The Balaban J connectivity index is 0.000000200. The molecule has 0 aliphatic carbocycles. The average molecular weight is 254 g/mol. The standard InChI is InChI=1S/C11H16.C8H10/c1-4-10(3)11-7-5-6-9(2)8-11;1-7-3-5-8(2)6-4-7/h5-8,10H,4H2,1-3H3;3-6H,1-2H3. The van der Waals surface area contributed by atoms with Gasteiger partial charge in [0.05, 0.1) is 0 Å². The van der Waals surface area contributed by atoms with E-state index in [2.05, 4.69) is 83.1 Å². The van der Waals surface area contributed by atoms with Gasteiger partial charge in [-0.1, -0.05) is 79.1 Å². The minimum absolute atomic E-state index is 0.704. The van der Waals surface area contributed by atoms with Gasteiger partial charge in [-0.2, -0.15) is 0 Å². The summed E-state index contributed by atoms with van der Waals surface area (Å²) in [5.41, 5.74) is 5.49. The lowest BCUT2D eigenvalue weighted by Gasteiger charge is -2.08. The first kappa shape index (κ1) is 15.5. The zero-order chi connectivity index (χ0) is 14.3. The average Bonchev–Trinajstić information content (AvgIpc) is 2.42. The van der Waals surface area contributed by atoms with Crippen LogP contribution < -0.4 is 0 Å². The fourth-order valence-electron chi connectivity index (χ4n) is 1.85. The van der Waals surface area contributed by atoms with Crippen molar-refractivity contribution < 1.29 is 0 Å². The van der Waals surface area contributed by atoms with Gasteiger partial charge >= 0.3 is 0 Å². The molecule has 0 heterocycles. The molecule has 0 N–H and O–H groups in total. The Morgan fingerprint density at radius 2 is 1.32 bits per heavy atom. The molecule has 102 valence electrons. The minimum atomic E-state index is 0.704. The molecule has 0 nitrogen and oxygen atoms in total. The lowest BCUT2D eigenvalue weighted by Crippen LogP contribution is -1.90. The molecule has 0 fully saturated rings. The lowest BCUT2D eigenvalue weighted by molar-refractivity contribution is 0.733. The molecular weight excluding hydrogens is 228 g/mol. The first-order valence-corrected chi connectivity index (χ1v) is 7.12. The molecule has 0 spiro atoms. The molecule has 1 atom stereocenters. The normalized spacial score (nSPS) is 11.4. The van der Waals surface area contributed by atoms with Gasteiger partial charge in [-0.3, -0.25) is 0 Å². The van der Waals surface area contributed by atoms with Gasteiger partial charge in [-0.25, -0.2) is 0 Å². The van der Waals surface area contributed by atoms with Crippen molar-refractivity contribution in [2.24, 2.45) is 0 Å². The topological polar surface area (TPSA) is 0 Å². The Labute approximate surface area is 118 Å². The largest absolute Gasteiger partial charge is 0.0648 e. The Bertz CT molecular complexity index is 459. The van der Waals surface area contributed by atoms with E-state index in [9.17, 15) is 0 Å². The summed E-state index contributed by atoms with van der Waals surface area (Å²) in [7, 11) is 0. The molecule has 0 aromatic heterocycles. The summed E-state index contributed by atoms with van der Waals surface area (Å²) in [6.07, 6.45) is 1.23. The molecule has 0 heteroatoms. The summed E-state index contributed by atoms with van der Waals surface area (Å²) in [5, 5.41) is 0. The monoisotopic (exact) mass is 254 g/mol. The fraction of sp³-hybridized carbons (Fsp3) is 0.368. The number of hydrogen-bond donors (Lipinski definition) is 0. The number of hydrogen-bond acceptors (Lipinski definition) is 0. The van der Waals surface area contributed by atoms with E-state index in [-0.39, 0.29) is 0 Å². The Hall–Kier alpha value is -1.56. The molecule has 0 saturated carbocycles. The Morgan fingerprint density at radius 1 is 0.789 bits per heavy atom. The van der Waals surface area contributed by atoms with Crippen molar-refractivity contribution in [1.82, 2.24) is 0 Å². The molecule has 19 heavy (non-hydrogen) atoms. The van der Waals surface area contributed by atoms with Gasteiger partial charge in [0.15, 0.2) is 0 Å². The Kier molecular flexibility index (Phi) is 6.35. The van der Waals surface area contributed by atoms with Crippen molar-refractivity contribution in [3.8, 4) is 0 Å². The summed E-state index contributed by atoms with van der Waals surface area (Å²) >= 11 is 0. The van der Waals surface area contributed by atoms with Gasteiger partial charge < -0.3 is 0 Å². The molecule has 0 saturated heterocycles. The van der Waals surface area contributed by atoms with Gasteiger partial charge in [0.25, 0.3) is 0 Å². The van der Waals surface area contributed by atoms with Crippen LogP contribution in [0, 0.1) is 20.8 Å². The predicted molar refractivity (Wildman–Crippen MR) is 85.8 cm³/mol. The molecule has 2 aromatic carbocycles. The maximum atomic E-state index is 2.27. The van der Waals surface area contributed by atoms with E-state index in [1.165, 1.54) is 28.7 Å². The van der Waals surface area contributed by atoms with Crippen LogP contribution in [0.25, 0.3) is 0 Å². The Morgan fingerprint density at radius 3 is 1.74 bits per heavy atom. The van der Waals surface area contributed by atoms with Crippen LogP contribution in [-0.4, -0.2) is 0 Å². The highest BCUT2D eigenvalue weighted by atomic mass is 14.1. The third-order valence-electron chi connectivity index (χ3n) is 3.44. The summed E-state index contributed by atoms with van der Waals surface area (Å²) in [6.45, 7) is 10.8. The second-order valence-corrected chi connectivity index (χ2v) is 5.38. The van der Waals surface area contributed by atoms with E-state index in [0.717, 1.165) is 0 Å². The zero-order valence-electron chi connectivity index (χ0n) is 12.9. The molecule has 1 unspecified atom stereocenters. The summed E-state index contributed by atoms with van der Waals surface area (Å²) < 4.78 is 0. The highest BCUT2D eigenvalue weighted by Crippen LogP contribution is 2.18. The van der Waals surface area contributed by atoms with Crippen LogP contribution in [0.1, 0.15) is 48.4 Å². The number of benzene rings is 2. The van der Waals surface area contributed by atoms with E-state index < -0.39 is 0 Å². The summed E-state index contributed by atoms with van der Waals surface area (Å²) in [5.74, 6) is 0.704. The SMILES string of the molecule is CCC(C)c1cccc(C)c1.Cc1ccc(C)cc1. The molecule has 0 aliphatic rings. The predicted octanol–water partition coefficient (Wildman–Crippen LogP) is 5.81.